The SMILES string of the molecule is CCc1ccc(N(C)CC(O)CO)cc1. The summed E-state index contributed by atoms with van der Waals surface area (Å²) >= 11 is 0. The molecule has 0 fully saturated rings. The zero-order valence-corrected chi connectivity index (χ0v) is 9.35. The molecular weight excluding hydrogens is 190 g/mol. The van der Waals surface area contributed by atoms with Gasteiger partial charge in [-0.15, -0.1) is 0 Å². The van der Waals surface area contributed by atoms with E-state index in [1.54, 1.807) is 0 Å². The fourth-order valence-corrected chi connectivity index (χ4v) is 1.47. The van der Waals surface area contributed by atoms with Crippen LogP contribution in [0.25, 0.3) is 0 Å². The Labute approximate surface area is 91.0 Å². The smallest absolute Gasteiger partial charge is 0.0945 e. The van der Waals surface area contributed by atoms with E-state index in [4.69, 9.17) is 5.11 Å². The van der Waals surface area contributed by atoms with Gasteiger partial charge in [0.05, 0.1) is 12.7 Å². The van der Waals surface area contributed by atoms with Gasteiger partial charge in [-0.2, -0.15) is 0 Å². The van der Waals surface area contributed by atoms with Gasteiger partial charge in [-0.1, -0.05) is 19.1 Å². The minimum Gasteiger partial charge on any atom is -0.394 e. The average Bonchev–Trinajstić information content (AvgIpc) is 2.29. The Morgan fingerprint density at radius 2 is 1.87 bits per heavy atom. The lowest BCUT2D eigenvalue weighted by atomic mass is 10.1. The summed E-state index contributed by atoms with van der Waals surface area (Å²) in [6, 6.07) is 8.22. The van der Waals surface area contributed by atoms with Crippen molar-refractivity contribution < 1.29 is 10.2 Å². The number of nitrogens with zero attached hydrogens (tertiary/aromatic N) is 1. The van der Waals surface area contributed by atoms with Crippen LogP contribution in [0.1, 0.15) is 12.5 Å². The van der Waals surface area contributed by atoms with Crippen molar-refractivity contribution in [2.75, 3.05) is 25.1 Å². The number of hydrogen-bond acceptors (Lipinski definition) is 3. The normalized spacial score (nSPS) is 12.5. The van der Waals surface area contributed by atoms with Gasteiger partial charge in [-0.05, 0) is 24.1 Å². The molecule has 0 saturated heterocycles. The van der Waals surface area contributed by atoms with Crippen molar-refractivity contribution in [3.05, 3.63) is 29.8 Å². The third kappa shape index (κ3) is 3.53. The lowest BCUT2D eigenvalue weighted by molar-refractivity contribution is 0.101. The van der Waals surface area contributed by atoms with Gasteiger partial charge in [0, 0.05) is 19.3 Å². The number of benzene rings is 1. The number of anilines is 1. The van der Waals surface area contributed by atoms with Crippen LogP contribution < -0.4 is 4.90 Å². The highest BCUT2D eigenvalue weighted by Crippen LogP contribution is 2.14. The van der Waals surface area contributed by atoms with E-state index in [0.717, 1.165) is 12.1 Å². The second-order valence-electron chi connectivity index (χ2n) is 3.74. The summed E-state index contributed by atoms with van der Waals surface area (Å²) in [5, 5.41) is 18.0. The molecule has 1 rings (SSSR count). The molecule has 0 bridgehead atoms. The molecule has 0 aliphatic rings. The summed E-state index contributed by atoms with van der Waals surface area (Å²) < 4.78 is 0. The van der Waals surface area contributed by atoms with E-state index in [1.807, 2.05) is 24.1 Å². The van der Waals surface area contributed by atoms with Crippen molar-refractivity contribution in [2.24, 2.45) is 0 Å². The van der Waals surface area contributed by atoms with Crippen LogP contribution in [-0.2, 0) is 6.42 Å². The highest BCUT2D eigenvalue weighted by molar-refractivity contribution is 5.46. The van der Waals surface area contributed by atoms with E-state index in [2.05, 4.69) is 19.1 Å². The highest BCUT2D eigenvalue weighted by atomic mass is 16.3. The summed E-state index contributed by atoms with van der Waals surface area (Å²) in [4.78, 5) is 1.93. The minimum atomic E-state index is -0.680. The number of hydrogen-bond donors (Lipinski definition) is 2. The first-order chi connectivity index (χ1) is 7.17. The van der Waals surface area contributed by atoms with Crippen LogP contribution in [0.15, 0.2) is 24.3 Å². The number of aryl methyl sites for hydroxylation is 1. The summed E-state index contributed by atoms with van der Waals surface area (Å²) in [6.07, 6.45) is 0.351. The van der Waals surface area contributed by atoms with Crippen LogP contribution in [0.3, 0.4) is 0 Å². The predicted octanol–water partition coefficient (Wildman–Crippen LogP) is 1.04. The van der Waals surface area contributed by atoms with E-state index >= 15 is 0 Å². The first kappa shape index (κ1) is 12.0. The standard InChI is InChI=1S/C12H19NO2/c1-3-10-4-6-11(7-5-10)13(2)8-12(15)9-14/h4-7,12,14-15H,3,8-9H2,1-2H3. The molecule has 2 N–H and O–H groups in total. The molecule has 0 aliphatic heterocycles. The number of aliphatic hydroxyl groups is 2. The summed E-state index contributed by atoms with van der Waals surface area (Å²) in [5.74, 6) is 0. The van der Waals surface area contributed by atoms with Crippen molar-refractivity contribution in [3.8, 4) is 0 Å². The maximum Gasteiger partial charge on any atom is 0.0945 e. The molecule has 0 radical (unpaired) electrons. The molecule has 0 saturated carbocycles. The summed E-state index contributed by atoms with van der Waals surface area (Å²) in [7, 11) is 1.90. The molecule has 0 amide bonds. The highest BCUT2D eigenvalue weighted by Gasteiger charge is 2.07. The van der Waals surface area contributed by atoms with Crippen molar-refractivity contribution >= 4 is 5.69 Å². The first-order valence-electron chi connectivity index (χ1n) is 5.26. The molecule has 1 unspecified atom stereocenters. The fourth-order valence-electron chi connectivity index (χ4n) is 1.47. The van der Waals surface area contributed by atoms with E-state index in [9.17, 15) is 5.11 Å². The topological polar surface area (TPSA) is 43.7 Å². The van der Waals surface area contributed by atoms with E-state index in [-0.39, 0.29) is 6.61 Å². The van der Waals surface area contributed by atoms with Crippen molar-refractivity contribution in [1.82, 2.24) is 0 Å². The second-order valence-corrected chi connectivity index (χ2v) is 3.74. The molecular formula is C12H19NO2. The maximum absolute atomic E-state index is 9.30. The van der Waals surface area contributed by atoms with Gasteiger partial charge in [0.25, 0.3) is 0 Å². The Bertz CT molecular complexity index is 284. The molecule has 0 aliphatic carbocycles. The lowest BCUT2D eigenvalue weighted by Crippen LogP contribution is -2.31. The van der Waals surface area contributed by atoms with Gasteiger partial charge in [0.1, 0.15) is 0 Å². The molecule has 0 aromatic heterocycles. The molecule has 1 aromatic rings. The zero-order valence-electron chi connectivity index (χ0n) is 9.35. The summed E-state index contributed by atoms with van der Waals surface area (Å²) in [5.41, 5.74) is 2.36. The van der Waals surface area contributed by atoms with Gasteiger partial charge >= 0.3 is 0 Å². The third-order valence-electron chi connectivity index (χ3n) is 2.48. The van der Waals surface area contributed by atoms with Gasteiger partial charge in [-0.3, -0.25) is 0 Å². The van der Waals surface area contributed by atoms with Gasteiger partial charge < -0.3 is 15.1 Å². The van der Waals surface area contributed by atoms with Crippen LogP contribution in [0.5, 0.6) is 0 Å². The Morgan fingerprint density at radius 3 is 2.33 bits per heavy atom. The molecule has 84 valence electrons. The number of rotatable bonds is 5. The number of likely N-dealkylation sites (N-methyl/N-ethyl adjacent to an activating group) is 1. The van der Waals surface area contributed by atoms with Crippen molar-refractivity contribution in [1.29, 1.82) is 0 Å². The van der Waals surface area contributed by atoms with Crippen molar-refractivity contribution in [3.63, 3.8) is 0 Å². The molecule has 1 aromatic carbocycles. The van der Waals surface area contributed by atoms with E-state index < -0.39 is 6.10 Å². The van der Waals surface area contributed by atoms with Crippen molar-refractivity contribution in [2.45, 2.75) is 19.4 Å². The zero-order chi connectivity index (χ0) is 11.3. The maximum atomic E-state index is 9.30. The lowest BCUT2D eigenvalue weighted by Gasteiger charge is -2.21. The third-order valence-corrected chi connectivity index (χ3v) is 2.48. The van der Waals surface area contributed by atoms with Crippen LogP contribution in [0.4, 0.5) is 5.69 Å². The summed E-state index contributed by atoms with van der Waals surface area (Å²) in [6.45, 7) is 2.37. The predicted molar refractivity (Wildman–Crippen MR) is 62.2 cm³/mol. The Kier molecular flexibility index (Phi) is 4.59. The van der Waals surface area contributed by atoms with Crippen LogP contribution in [-0.4, -0.2) is 36.5 Å². The largest absolute Gasteiger partial charge is 0.394 e. The number of aliphatic hydroxyl groups excluding tert-OH is 2. The molecule has 0 heterocycles. The quantitative estimate of drug-likeness (QED) is 0.761. The average molecular weight is 209 g/mol. The monoisotopic (exact) mass is 209 g/mol. The van der Waals surface area contributed by atoms with Gasteiger partial charge in [-0.25, -0.2) is 0 Å². The van der Waals surface area contributed by atoms with E-state index in [0.29, 0.717) is 6.54 Å². The van der Waals surface area contributed by atoms with Crippen LogP contribution >= 0.6 is 0 Å². The molecule has 3 nitrogen and oxygen atoms in total. The molecule has 15 heavy (non-hydrogen) atoms. The fraction of sp³-hybridized carbons (Fsp3) is 0.500. The Hall–Kier alpha value is -1.06. The first-order valence-corrected chi connectivity index (χ1v) is 5.26. The van der Waals surface area contributed by atoms with Crippen LogP contribution in [0.2, 0.25) is 0 Å². The van der Waals surface area contributed by atoms with E-state index in [1.165, 1.54) is 5.56 Å². The second kappa shape index (κ2) is 5.73. The Morgan fingerprint density at radius 1 is 1.27 bits per heavy atom. The molecule has 0 spiro atoms. The van der Waals surface area contributed by atoms with Gasteiger partial charge in [0.15, 0.2) is 0 Å². The Balaban J connectivity index is 2.61. The van der Waals surface area contributed by atoms with Gasteiger partial charge in [0.2, 0.25) is 0 Å². The molecule has 1 atom stereocenters. The molecule has 3 heteroatoms. The minimum absolute atomic E-state index is 0.197. The van der Waals surface area contributed by atoms with Crippen LogP contribution in [0, 0.1) is 0 Å².